The zero-order chi connectivity index (χ0) is 16.4. The number of allylic oxidation sites excluding steroid dienone is 2. The van der Waals surface area contributed by atoms with E-state index >= 15 is 0 Å². The molecule has 126 valence electrons. The van der Waals surface area contributed by atoms with Crippen LogP contribution in [0.25, 0.3) is 0 Å². The van der Waals surface area contributed by atoms with Crippen molar-refractivity contribution < 1.29 is 22.8 Å². The van der Waals surface area contributed by atoms with E-state index in [0.717, 1.165) is 38.5 Å². The monoisotopic (exact) mass is 320 g/mol. The third-order valence-corrected chi connectivity index (χ3v) is 3.59. The van der Waals surface area contributed by atoms with Gasteiger partial charge in [0, 0.05) is 19.0 Å². The van der Waals surface area contributed by atoms with Gasteiger partial charge in [0.05, 0.1) is 0 Å². The molecule has 0 radical (unpaired) electrons. The molecule has 22 heavy (non-hydrogen) atoms. The summed E-state index contributed by atoms with van der Waals surface area (Å²) >= 11 is 0. The predicted octanol–water partition coefficient (Wildman–Crippen LogP) is 2.70. The summed E-state index contributed by atoms with van der Waals surface area (Å²) < 4.78 is 35.7. The second-order valence-electron chi connectivity index (χ2n) is 5.44. The van der Waals surface area contributed by atoms with E-state index in [2.05, 4.69) is 11.4 Å². The molecule has 0 aromatic rings. The summed E-state index contributed by atoms with van der Waals surface area (Å²) in [4.78, 5) is 22.3. The smallest absolute Gasteiger partial charge is 0.356 e. The zero-order valence-corrected chi connectivity index (χ0v) is 12.5. The van der Waals surface area contributed by atoms with E-state index in [9.17, 15) is 22.8 Å². The van der Waals surface area contributed by atoms with Gasteiger partial charge in [-0.1, -0.05) is 25.0 Å². The predicted molar refractivity (Wildman–Crippen MR) is 77.0 cm³/mol. The second kappa shape index (κ2) is 9.48. The number of halogens is 3. The highest BCUT2D eigenvalue weighted by Gasteiger charge is 2.38. The molecule has 4 nitrogen and oxygen atoms in total. The Morgan fingerprint density at radius 1 is 1.00 bits per heavy atom. The van der Waals surface area contributed by atoms with Gasteiger partial charge in [0.25, 0.3) is 0 Å². The van der Waals surface area contributed by atoms with E-state index in [4.69, 9.17) is 0 Å². The molecule has 0 bridgehead atoms. The van der Waals surface area contributed by atoms with Crippen LogP contribution in [0.5, 0.6) is 0 Å². The molecule has 1 aliphatic rings. The van der Waals surface area contributed by atoms with Crippen LogP contribution < -0.4 is 10.6 Å². The van der Waals surface area contributed by atoms with Gasteiger partial charge < -0.3 is 10.6 Å². The van der Waals surface area contributed by atoms with Gasteiger partial charge in [-0.25, -0.2) is 0 Å². The molecular weight excluding hydrogens is 297 g/mol. The van der Waals surface area contributed by atoms with Gasteiger partial charge >= 0.3 is 12.1 Å². The Morgan fingerprint density at radius 3 is 2.18 bits per heavy atom. The third-order valence-electron chi connectivity index (χ3n) is 3.59. The molecule has 0 spiro atoms. The van der Waals surface area contributed by atoms with Crippen LogP contribution in [0.3, 0.4) is 0 Å². The Labute approximate surface area is 128 Å². The van der Waals surface area contributed by atoms with Crippen LogP contribution in [0.4, 0.5) is 13.2 Å². The summed E-state index contributed by atoms with van der Waals surface area (Å²) in [5.41, 5.74) is 0. The Bertz CT molecular complexity index is 395. The lowest BCUT2D eigenvalue weighted by atomic mass is 9.94. The number of hydrogen-bond donors (Lipinski definition) is 2. The summed E-state index contributed by atoms with van der Waals surface area (Å²) in [6, 6.07) is 0. The standard InChI is InChI=1S/C15H23F3N2O2/c16-15(17,18)14(22)20-11-7-2-1-6-10-19-13(21)12-8-4-3-5-9-12/h3-4,12H,1-2,5-11H2,(H,19,21)(H,20,22). The fraction of sp³-hybridized carbons (Fsp3) is 0.733. The first-order valence-electron chi connectivity index (χ1n) is 7.69. The minimum atomic E-state index is -4.81. The molecule has 0 aromatic heterocycles. The highest BCUT2D eigenvalue weighted by atomic mass is 19.4. The number of amides is 2. The van der Waals surface area contributed by atoms with Gasteiger partial charge in [-0.3, -0.25) is 9.59 Å². The van der Waals surface area contributed by atoms with Gasteiger partial charge in [-0.15, -0.1) is 0 Å². The molecule has 0 aromatic carbocycles. The number of rotatable bonds is 8. The second-order valence-corrected chi connectivity index (χ2v) is 5.44. The average molecular weight is 320 g/mol. The molecule has 0 aliphatic heterocycles. The van der Waals surface area contributed by atoms with Crippen molar-refractivity contribution in [3.05, 3.63) is 12.2 Å². The highest BCUT2D eigenvalue weighted by molar-refractivity contribution is 5.81. The van der Waals surface area contributed by atoms with Crippen LogP contribution in [0.15, 0.2) is 12.2 Å². The molecule has 1 unspecified atom stereocenters. The summed E-state index contributed by atoms with van der Waals surface area (Å²) in [5, 5.41) is 4.72. The quantitative estimate of drug-likeness (QED) is 0.534. The van der Waals surface area contributed by atoms with Crippen LogP contribution >= 0.6 is 0 Å². The molecule has 0 fully saturated rings. The van der Waals surface area contributed by atoms with Crippen LogP contribution in [-0.4, -0.2) is 31.1 Å². The van der Waals surface area contributed by atoms with Crippen molar-refractivity contribution in [1.29, 1.82) is 0 Å². The van der Waals surface area contributed by atoms with Gasteiger partial charge in [-0.2, -0.15) is 13.2 Å². The number of carbonyl (C=O) groups excluding carboxylic acids is 2. The molecular formula is C15H23F3N2O2. The molecule has 2 N–H and O–H groups in total. The summed E-state index contributed by atoms with van der Waals surface area (Å²) in [7, 11) is 0. The van der Waals surface area contributed by atoms with Gasteiger partial charge in [-0.05, 0) is 32.1 Å². The lowest BCUT2D eigenvalue weighted by molar-refractivity contribution is -0.173. The van der Waals surface area contributed by atoms with Crippen LogP contribution in [0.1, 0.15) is 44.9 Å². The summed E-state index contributed by atoms with van der Waals surface area (Å²) in [6.45, 7) is 0.618. The van der Waals surface area contributed by atoms with Gasteiger partial charge in [0.1, 0.15) is 0 Å². The fourth-order valence-corrected chi connectivity index (χ4v) is 2.29. The van der Waals surface area contributed by atoms with E-state index in [0.29, 0.717) is 13.0 Å². The maximum Gasteiger partial charge on any atom is 0.471 e. The molecule has 1 aliphatic carbocycles. The molecule has 0 heterocycles. The Morgan fingerprint density at radius 2 is 1.64 bits per heavy atom. The number of carbonyl (C=O) groups is 2. The Hall–Kier alpha value is -1.53. The van der Waals surface area contributed by atoms with Crippen molar-refractivity contribution in [2.75, 3.05) is 13.1 Å². The van der Waals surface area contributed by atoms with E-state index in [1.807, 2.05) is 11.4 Å². The van der Waals surface area contributed by atoms with E-state index < -0.39 is 12.1 Å². The van der Waals surface area contributed by atoms with Crippen molar-refractivity contribution in [1.82, 2.24) is 10.6 Å². The van der Waals surface area contributed by atoms with Crippen LogP contribution in [-0.2, 0) is 9.59 Å². The molecule has 7 heteroatoms. The normalized spacial score (nSPS) is 18.0. The Balaban J connectivity index is 1.94. The number of hydrogen-bond acceptors (Lipinski definition) is 2. The first-order chi connectivity index (χ1) is 10.4. The number of nitrogens with one attached hydrogen (secondary N) is 2. The van der Waals surface area contributed by atoms with E-state index in [1.165, 1.54) is 0 Å². The number of unbranched alkanes of at least 4 members (excludes halogenated alkanes) is 3. The zero-order valence-electron chi connectivity index (χ0n) is 12.5. The van der Waals surface area contributed by atoms with Crippen LogP contribution in [0, 0.1) is 5.92 Å². The van der Waals surface area contributed by atoms with Crippen molar-refractivity contribution in [2.24, 2.45) is 5.92 Å². The largest absolute Gasteiger partial charge is 0.471 e. The van der Waals surface area contributed by atoms with Gasteiger partial charge in [0.15, 0.2) is 0 Å². The lowest BCUT2D eigenvalue weighted by Crippen LogP contribution is -2.37. The van der Waals surface area contributed by atoms with Crippen LogP contribution in [0.2, 0.25) is 0 Å². The third kappa shape index (κ3) is 7.47. The Kier molecular flexibility index (Phi) is 7.98. The van der Waals surface area contributed by atoms with E-state index in [-0.39, 0.29) is 18.4 Å². The molecule has 1 rings (SSSR count). The SMILES string of the molecule is O=C(NCCCCCCNC(=O)C(F)(F)F)C1CC=CCC1. The molecule has 0 saturated heterocycles. The maximum absolute atomic E-state index is 11.9. The molecule has 2 amide bonds. The summed E-state index contributed by atoms with van der Waals surface area (Å²) in [5.74, 6) is -1.73. The van der Waals surface area contributed by atoms with E-state index in [1.54, 1.807) is 0 Å². The van der Waals surface area contributed by atoms with Crippen molar-refractivity contribution in [3.63, 3.8) is 0 Å². The minimum Gasteiger partial charge on any atom is -0.356 e. The number of alkyl halides is 3. The van der Waals surface area contributed by atoms with Crippen molar-refractivity contribution >= 4 is 11.8 Å². The average Bonchev–Trinajstić information content (AvgIpc) is 2.49. The summed E-state index contributed by atoms with van der Waals surface area (Å²) in [6.07, 6.45) is 4.77. The first-order valence-corrected chi connectivity index (χ1v) is 7.69. The first kappa shape index (κ1) is 18.5. The van der Waals surface area contributed by atoms with Crippen molar-refractivity contribution in [3.8, 4) is 0 Å². The molecule has 0 saturated carbocycles. The topological polar surface area (TPSA) is 58.2 Å². The fourth-order valence-electron chi connectivity index (χ4n) is 2.29. The van der Waals surface area contributed by atoms with Gasteiger partial charge in [0.2, 0.25) is 5.91 Å². The van der Waals surface area contributed by atoms with Crippen molar-refractivity contribution in [2.45, 2.75) is 51.1 Å². The maximum atomic E-state index is 11.9. The highest BCUT2D eigenvalue weighted by Crippen LogP contribution is 2.18. The minimum absolute atomic E-state index is 0.0269. The lowest BCUT2D eigenvalue weighted by Gasteiger charge is -2.17. The molecule has 1 atom stereocenters.